The normalized spacial score (nSPS) is 28.5. The molecule has 0 bridgehead atoms. The Morgan fingerprint density at radius 3 is 2.71 bits per heavy atom. The summed E-state index contributed by atoms with van der Waals surface area (Å²) in [5.74, 6) is 0.191. The van der Waals surface area contributed by atoms with E-state index in [2.05, 4.69) is 0 Å². The molecule has 2 aliphatic rings. The van der Waals surface area contributed by atoms with Crippen LogP contribution in [0.25, 0.3) is 0 Å². The van der Waals surface area contributed by atoms with Crippen molar-refractivity contribution < 1.29 is 9.53 Å². The van der Waals surface area contributed by atoms with E-state index in [4.69, 9.17) is 10.5 Å². The SMILES string of the molecule is CC(C)(N)CC(=O)N1CCC2(CCOC2)C1.Cl. The van der Waals surface area contributed by atoms with Crippen molar-refractivity contribution in [3.05, 3.63) is 0 Å². The van der Waals surface area contributed by atoms with Crippen LogP contribution in [0.5, 0.6) is 0 Å². The van der Waals surface area contributed by atoms with Crippen LogP contribution < -0.4 is 5.73 Å². The number of carbonyl (C=O) groups is 1. The average Bonchev–Trinajstić information content (AvgIpc) is 2.74. The van der Waals surface area contributed by atoms with Crippen molar-refractivity contribution in [2.24, 2.45) is 11.1 Å². The van der Waals surface area contributed by atoms with E-state index < -0.39 is 5.54 Å². The number of nitrogens with two attached hydrogens (primary N) is 1. The average molecular weight is 263 g/mol. The summed E-state index contributed by atoms with van der Waals surface area (Å²) >= 11 is 0. The largest absolute Gasteiger partial charge is 0.381 e. The topological polar surface area (TPSA) is 55.6 Å². The monoisotopic (exact) mass is 262 g/mol. The third-order valence-electron chi connectivity index (χ3n) is 3.58. The lowest BCUT2D eigenvalue weighted by atomic mass is 9.87. The molecule has 1 spiro atoms. The van der Waals surface area contributed by atoms with Gasteiger partial charge in [0.05, 0.1) is 6.61 Å². The second-order valence-electron chi connectivity index (χ2n) is 6.03. The number of rotatable bonds is 2. The molecule has 100 valence electrons. The first-order valence-corrected chi connectivity index (χ1v) is 6.05. The highest BCUT2D eigenvalue weighted by molar-refractivity contribution is 5.85. The van der Waals surface area contributed by atoms with Gasteiger partial charge in [-0.15, -0.1) is 12.4 Å². The lowest BCUT2D eigenvalue weighted by molar-refractivity contribution is -0.131. The molecule has 2 N–H and O–H groups in total. The fourth-order valence-corrected chi connectivity index (χ4v) is 2.62. The van der Waals surface area contributed by atoms with Gasteiger partial charge in [-0.2, -0.15) is 0 Å². The highest BCUT2D eigenvalue weighted by Gasteiger charge is 2.42. The van der Waals surface area contributed by atoms with Crippen molar-refractivity contribution in [1.29, 1.82) is 0 Å². The van der Waals surface area contributed by atoms with Crippen LogP contribution in [0.3, 0.4) is 0 Å². The van der Waals surface area contributed by atoms with Gasteiger partial charge >= 0.3 is 0 Å². The zero-order valence-electron chi connectivity index (χ0n) is 10.7. The minimum absolute atomic E-state index is 0. The number of ether oxygens (including phenoxy) is 1. The highest BCUT2D eigenvalue weighted by Crippen LogP contribution is 2.38. The van der Waals surface area contributed by atoms with Crippen molar-refractivity contribution in [2.75, 3.05) is 26.3 Å². The maximum atomic E-state index is 12.0. The van der Waals surface area contributed by atoms with E-state index in [1.165, 1.54) is 0 Å². The highest BCUT2D eigenvalue weighted by atomic mass is 35.5. The Kier molecular flexibility index (Phi) is 4.44. The Bertz CT molecular complexity index is 283. The molecule has 0 aromatic rings. The van der Waals surface area contributed by atoms with Crippen LogP contribution in [0.4, 0.5) is 0 Å². The molecule has 5 heteroatoms. The summed E-state index contributed by atoms with van der Waals surface area (Å²) in [6.45, 7) is 7.21. The number of carbonyl (C=O) groups excluding carboxylic acids is 1. The molecule has 0 aromatic heterocycles. The molecule has 2 saturated heterocycles. The van der Waals surface area contributed by atoms with Gasteiger partial charge in [-0.1, -0.05) is 0 Å². The number of hydrogen-bond donors (Lipinski definition) is 1. The predicted molar refractivity (Wildman–Crippen MR) is 69.2 cm³/mol. The maximum absolute atomic E-state index is 12.0. The first-order valence-electron chi connectivity index (χ1n) is 6.05. The van der Waals surface area contributed by atoms with E-state index >= 15 is 0 Å². The van der Waals surface area contributed by atoms with E-state index in [1.807, 2.05) is 18.7 Å². The standard InChI is InChI=1S/C12H22N2O2.ClH/c1-11(2,13)7-10(15)14-5-3-12(8-14)4-6-16-9-12;/h3-9,13H2,1-2H3;1H. The van der Waals surface area contributed by atoms with Gasteiger partial charge in [-0.05, 0) is 26.7 Å². The fourth-order valence-electron chi connectivity index (χ4n) is 2.62. The third-order valence-corrected chi connectivity index (χ3v) is 3.58. The molecule has 0 saturated carbocycles. The molecule has 0 radical (unpaired) electrons. The van der Waals surface area contributed by atoms with Crippen molar-refractivity contribution >= 4 is 18.3 Å². The van der Waals surface area contributed by atoms with Crippen LogP contribution >= 0.6 is 12.4 Å². The van der Waals surface area contributed by atoms with Gasteiger partial charge in [0.25, 0.3) is 0 Å². The predicted octanol–water partition coefficient (Wildman–Crippen LogP) is 1.17. The Morgan fingerprint density at radius 1 is 1.47 bits per heavy atom. The summed E-state index contributed by atoms with van der Waals surface area (Å²) in [5, 5.41) is 0. The molecule has 1 atom stereocenters. The Hall–Kier alpha value is -0.320. The van der Waals surface area contributed by atoms with Gasteiger partial charge in [0.1, 0.15) is 0 Å². The molecule has 2 rings (SSSR count). The quantitative estimate of drug-likeness (QED) is 0.813. The zero-order chi connectivity index (χ0) is 11.8. The molecule has 17 heavy (non-hydrogen) atoms. The molecule has 2 heterocycles. The smallest absolute Gasteiger partial charge is 0.224 e. The first-order chi connectivity index (χ1) is 7.40. The van der Waals surface area contributed by atoms with E-state index in [9.17, 15) is 4.79 Å². The van der Waals surface area contributed by atoms with Gasteiger partial charge in [-0.3, -0.25) is 4.79 Å². The summed E-state index contributed by atoms with van der Waals surface area (Å²) in [7, 11) is 0. The number of halogens is 1. The van der Waals surface area contributed by atoms with Gasteiger partial charge in [-0.25, -0.2) is 0 Å². The third kappa shape index (κ3) is 3.57. The van der Waals surface area contributed by atoms with E-state index in [0.717, 1.165) is 39.1 Å². The van der Waals surface area contributed by atoms with Crippen LogP contribution in [0.15, 0.2) is 0 Å². The second-order valence-corrected chi connectivity index (χ2v) is 6.03. The molecule has 0 aliphatic carbocycles. The minimum Gasteiger partial charge on any atom is -0.381 e. The van der Waals surface area contributed by atoms with Crippen LogP contribution in [-0.4, -0.2) is 42.6 Å². The molecular formula is C12H23ClN2O2. The van der Waals surface area contributed by atoms with Crippen LogP contribution in [0.2, 0.25) is 0 Å². The summed E-state index contributed by atoms with van der Waals surface area (Å²) in [5.41, 5.74) is 5.73. The van der Waals surface area contributed by atoms with Crippen LogP contribution in [-0.2, 0) is 9.53 Å². The molecular weight excluding hydrogens is 240 g/mol. The fraction of sp³-hybridized carbons (Fsp3) is 0.917. The molecule has 0 aromatic carbocycles. The minimum atomic E-state index is -0.404. The lowest BCUT2D eigenvalue weighted by Crippen LogP contribution is -2.41. The van der Waals surface area contributed by atoms with Gasteiger partial charge < -0.3 is 15.4 Å². The zero-order valence-corrected chi connectivity index (χ0v) is 11.5. The Labute approximate surface area is 109 Å². The Morgan fingerprint density at radius 2 is 2.18 bits per heavy atom. The lowest BCUT2D eigenvalue weighted by Gasteiger charge is -2.25. The summed E-state index contributed by atoms with van der Waals surface area (Å²) in [6, 6.07) is 0. The number of likely N-dealkylation sites (tertiary alicyclic amines) is 1. The van der Waals surface area contributed by atoms with Gasteiger partial charge in [0, 0.05) is 37.1 Å². The van der Waals surface area contributed by atoms with E-state index in [-0.39, 0.29) is 23.7 Å². The number of nitrogens with zero attached hydrogens (tertiary/aromatic N) is 1. The van der Waals surface area contributed by atoms with E-state index in [1.54, 1.807) is 0 Å². The van der Waals surface area contributed by atoms with Crippen LogP contribution in [0.1, 0.15) is 33.1 Å². The van der Waals surface area contributed by atoms with Crippen molar-refractivity contribution in [3.63, 3.8) is 0 Å². The van der Waals surface area contributed by atoms with Crippen molar-refractivity contribution in [3.8, 4) is 0 Å². The molecule has 1 unspecified atom stereocenters. The summed E-state index contributed by atoms with van der Waals surface area (Å²) in [6.07, 6.45) is 2.62. The molecule has 2 aliphatic heterocycles. The van der Waals surface area contributed by atoms with Gasteiger partial charge in [0.2, 0.25) is 5.91 Å². The van der Waals surface area contributed by atoms with E-state index in [0.29, 0.717) is 6.42 Å². The Balaban J connectivity index is 0.00000144. The number of amides is 1. The van der Waals surface area contributed by atoms with Crippen molar-refractivity contribution in [1.82, 2.24) is 4.90 Å². The molecule has 4 nitrogen and oxygen atoms in total. The van der Waals surface area contributed by atoms with Crippen LogP contribution in [0, 0.1) is 5.41 Å². The summed E-state index contributed by atoms with van der Waals surface area (Å²) in [4.78, 5) is 14.0. The van der Waals surface area contributed by atoms with Gasteiger partial charge in [0.15, 0.2) is 0 Å². The summed E-state index contributed by atoms with van der Waals surface area (Å²) < 4.78 is 5.45. The second kappa shape index (κ2) is 5.12. The molecule has 2 fully saturated rings. The maximum Gasteiger partial charge on any atom is 0.224 e. The number of hydrogen-bond acceptors (Lipinski definition) is 3. The molecule has 1 amide bonds. The van der Waals surface area contributed by atoms with Crippen molar-refractivity contribution in [2.45, 2.75) is 38.6 Å². The first kappa shape index (κ1) is 14.7.